The average Bonchev–Trinajstić information content (AvgIpc) is 2.49. The summed E-state index contributed by atoms with van der Waals surface area (Å²) in [6.07, 6.45) is 1.79. The van der Waals surface area contributed by atoms with Crippen LogP contribution in [0.1, 0.15) is 10.4 Å². The van der Waals surface area contributed by atoms with Gasteiger partial charge in [-0.05, 0) is 23.7 Å². The van der Waals surface area contributed by atoms with E-state index >= 15 is 0 Å². The molecular weight excluding hydrogens is 174 g/mol. The molecule has 2 rings (SSSR count). The van der Waals surface area contributed by atoms with Crippen LogP contribution in [-0.2, 0) is 0 Å². The summed E-state index contributed by atoms with van der Waals surface area (Å²) in [6.45, 7) is 0. The Bertz CT molecular complexity index is 433. The molecule has 0 aliphatic rings. The summed E-state index contributed by atoms with van der Waals surface area (Å²) in [7, 11) is 0. The number of fused-ring (bicyclic) bond motifs is 1. The predicted octanol–water partition coefficient (Wildman–Crippen LogP) is 2.55. The van der Waals surface area contributed by atoms with Gasteiger partial charge in [-0.15, -0.1) is 0 Å². The van der Waals surface area contributed by atoms with Crippen molar-refractivity contribution in [2.75, 3.05) is 0 Å². The summed E-state index contributed by atoms with van der Waals surface area (Å²) < 4.78 is 0. The van der Waals surface area contributed by atoms with Crippen molar-refractivity contribution in [1.82, 2.24) is 4.98 Å². The number of aromatic nitrogens is 1. The Kier molecular flexibility index (Phi) is 1.62. The van der Waals surface area contributed by atoms with Gasteiger partial charge in [-0.25, -0.2) is 0 Å². The van der Waals surface area contributed by atoms with Gasteiger partial charge in [0.2, 0.25) is 0 Å². The number of para-hydroxylation sites is 1. The van der Waals surface area contributed by atoms with Crippen molar-refractivity contribution in [3.05, 3.63) is 36.0 Å². The highest BCUT2D eigenvalue weighted by Crippen LogP contribution is 2.18. The Hall–Kier alpha value is -1.28. The second-order valence-electron chi connectivity index (χ2n) is 2.52. The zero-order valence-electron chi connectivity index (χ0n) is 6.17. The molecule has 2 nitrogen and oxygen atoms in total. The lowest BCUT2D eigenvalue weighted by Crippen LogP contribution is -1.89. The van der Waals surface area contributed by atoms with Crippen molar-refractivity contribution in [3.8, 4) is 0 Å². The van der Waals surface area contributed by atoms with E-state index in [0.29, 0.717) is 5.56 Å². The normalized spacial score (nSPS) is 10.4. The maximum Gasteiger partial charge on any atom is 0.254 e. The second kappa shape index (κ2) is 2.64. The van der Waals surface area contributed by atoms with Gasteiger partial charge in [-0.3, -0.25) is 4.79 Å². The van der Waals surface area contributed by atoms with E-state index in [9.17, 15) is 4.79 Å². The quantitative estimate of drug-likeness (QED) is 0.671. The van der Waals surface area contributed by atoms with Gasteiger partial charge in [0.05, 0.1) is 11.1 Å². The van der Waals surface area contributed by atoms with Crippen molar-refractivity contribution >= 4 is 27.7 Å². The second-order valence-corrected chi connectivity index (χ2v) is 2.86. The SMILES string of the molecule is O=C(Cl)c1cccc2cc[nH]c12. The third kappa shape index (κ3) is 1.01. The highest BCUT2D eigenvalue weighted by Gasteiger charge is 2.06. The molecule has 3 heteroatoms. The van der Waals surface area contributed by atoms with E-state index in [4.69, 9.17) is 11.6 Å². The van der Waals surface area contributed by atoms with Crippen LogP contribution in [-0.4, -0.2) is 10.2 Å². The van der Waals surface area contributed by atoms with Crippen LogP contribution < -0.4 is 0 Å². The number of rotatable bonds is 1. The van der Waals surface area contributed by atoms with Crippen LogP contribution in [0.3, 0.4) is 0 Å². The molecule has 0 unspecified atom stereocenters. The molecule has 1 N–H and O–H groups in total. The minimum absolute atomic E-state index is 0.428. The van der Waals surface area contributed by atoms with Crippen LogP contribution in [0.5, 0.6) is 0 Å². The Morgan fingerprint density at radius 2 is 2.17 bits per heavy atom. The Morgan fingerprint density at radius 1 is 1.33 bits per heavy atom. The molecule has 1 aromatic carbocycles. The van der Waals surface area contributed by atoms with Gasteiger partial charge in [-0.1, -0.05) is 12.1 Å². The molecule has 0 aliphatic heterocycles. The molecule has 1 aromatic heterocycles. The lowest BCUT2D eigenvalue weighted by Gasteiger charge is -1.94. The Balaban J connectivity index is 2.82. The van der Waals surface area contributed by atoms with Crippen LogP contribution in [0.2, 0.25) is 0 Å². The van der Waals surface area contributed by atoms with E-state index in [2.05, 4.69) is 4.98 Å². The average molecular weight is 180 g/mol. The molecule has 60 valence electrons. The molecule has 1 heterocycles. The number of carbonyl (C=O) groups excluding carboxylic acids is 1. The third-order valence-electron chi connectivity index (χ3n) is 1.80. The molecule has 2 aromatic rings. The van der Waals surface area contributed by atoms with Crippen LogP contribution in [0.15, 0.2) is 30.5 Å². The smallest absolute Gasteiger partial charge is 0.254 e. The van der Waals surface area contributed by atoms with E-state index in [1.54, 1.807) is 12.3 Å². The monoisotopic (exact) mass is 179 g/mol. The van der Waals surface area contributed by atoms with Gasteiger partial charge in [0.25, 0.3) is 5.24 Å². The fraction of sp³-hybridized carbons (Fsp3) is 0. The summed E-state index contributed by atoms with van der Waals surface area (Å²) in [4.78, 5) is 13.9. The summed E-state index contributed by atoms with van der Waals surface area (Å²) in [6, 6.07) is 7.34. The van der Waals surface area contributed by atoms with Gasteiger partial charge in [-0.2, -0.15) is 0 Å². The minimum atomic E-state index is -0.428. The number of H-pyrrole nitrogens is 1. The van der Waals surface area contributed by atoms with Crippen LogP contribution in [0.25, 0.3) is 10.9 Å². The molecule has 0 bridgehead atoms. The maximum absolute atomic E-state index is 10.9. The number of benzene rings is 1. The fourth-order valence-electron chi connectivity index (χ4n) is 1.25. The zero-order chi connectivity index (χ0) is 8.55. The first-order valence-corrected chi connectivity index (χ1v) is 3.93. The van der Waals surface area contributed by atoms with Crippen molar-refractivity contribution < 1.29 is 4.79 Å². The van der Waals surface area contributed by atoms with E-state index in [0.717, 1.165) is 10.9 Å². The predicted molar refractivity (Wildman–Crippen MR) is 48.5 cm³/mol. The molecule has 0 fully saturated rings. The van der Waals surface area contributed by atoms with Gasteiger partial charge in [0, 0.05) is 11.6 Å². The number of hydrogen-bond acceptors (Lipinski definition) is 1. The molecule has 0 aliphatic carbocycles. The lowest BCUT2D eigenvalue weighted by molar-refractivity contribution is 0.108. The number of nitrogens with one attached hydrogen (secondary N) is 1. The zero-order valence-corrected chi connectivity index (χ0v) is 6.93. The molecular formula is C9H6ClNO. The van der Waals surface area contributed by atoms with Crippen molar-refractivity contribution in [2.45, 2.75) is 0 Å². The number of hydrogen-bond donors (Lipinski definition) is 1. The number of carbonyl (C=O) groups is 1. The summed E-state index contributed by atoms with van der Waals surface area (Å²) in [5.41, 5.74) is 1.33. The number of halogens is 1. The fourth-order valence-corrected chi connectivity index (χ4v) is 1.41. The molecule has 0 saturated carbocycles. The van der Waals surface area contributed by atoms with Crippen molar-refractivity contribution in [2.24, 2.45) is 0 Å². The van der Waals surface area contributed by atoms with Gasteiger partial charge < -0.3 is 4.98 Å². The largest absolute Gasteiger partial charge is 0.361 e. The Labute approximate surface area is 74.2 Å². The molecule has 0 radical (unpaired) electrons. The number of aromatic amines is 1. The van der Waals surface area contributed by atoms with Crippen LogP contribution >= 0.6 is 11.6 Å². The van der Waals surface area contributed by atoms with E-state index in [1.807, 2.05) is 18.2 Å². The summed E-state index contributed by atoms with van der Waals surface area (Å²) in [5, 5.41) is 0.574. The molecule has 0 amide bonds. The highest BCUT2D eigenvalue weighted by molar-refractivity contribution is 6.68. The Morgan fingerprint density at radius 3 is 2.92 bits per heavy atom. The first-order chi connectivity index (χ1) is 5.79. The third-order valence-corrected chi connectivity index (χ3v) is 2.00. The molecule has 0 spiro atoms. The van der Waals surface area contributed by atoms with Crippen molar-refractivity contribution in [3.63, 3.8) is 0 Å². The van der Waals surface area contributed by atoms with Crippen molar-refractivity contribution in [1.29, 1.82) is 0 Å². The van der Waals surface area contributed by atoms with Gasteiger partial charge in [0.1, 0.15) is 0 Å². The van der Waals surface area contributed by atoms with E-state index in [-0.39, 0.29) is 0 Å². The van der Waals surface area contributed by atoms with Gasteiger partial charge >= 0.3 is 0 Å². The van der Waals surface area contributed by atoms with Gasteiger partial charge in [0.15, 0.2) is 0 Å². The topological polar surface area (TPSA) is 32.9 Å². The maximum atomic E-state index is 10.9. The summed E-state index contributed by atoms with van der Waals surface area (Å²) >= 11 is 5.38. The molecule has 12 heavy (non-hydrogen) atoms. The lowest BCUT2D eigenvalue weighted by atomic mass is 10.2. The van der Waals surface area contributed by atoms with E-state index in [1.165, 1.54) is 0 Å². The van der Waals surface area contributed by atoms with Crippen LogP contribution in [0.4, 0.5) is 0 Å². The summed E-state index contributed by atoms with van der Waals surface area (Å²) in [5.74, 6) is 0. The molecule has 0 saturated heterocycles. The first kappa shape index (κ1) is 7.37. The highest BCUT2D eigenvalue weighted by atomic mass is 35.5. The molecule has 0 atom stereocenters. The minimum Gasteiger partial charge on any atom is -0.361 e. The standard InChI is InChI=1S/C9H6ClNO/c10-9(12)7-3-1-2-6-4-5-11-8(6)7/h1-5,11H. The first-order valence-electron chi connectivity index (χ1n) is 3.55. The van der Waals surface area contributed by atoms with E-state index < -0.39 is 5.24 Å². The van der Waals surface area contributed by atoms with Crippen LogP contribution in [0, 0.1) is 0 Å².